The number of nitriles is 1. The number of hydrogen-bond donors (Lipinski definition) is 2. The van der Waals surface area contributed by atoms with Gasteiger partial charge in [0.15, 0.2) is 0 Å². The Morgan fingerprint density at radius 2 is 1.67 bits per heavy atom. The topological polar surface area (TPSA) is 143 Å². The van der Waals surface area contributed by atoms with Gasteiger partial charge in [0.1, 0.15) is 24.0 Å². The number of nitrogens with one attached hydrogen (secondary N) is 1. The van der Waals surface area contributed by atoms with Gasteiger partial charge in [0.25, 0.3) is 11.6 Å². The van der Waals surface area contributed by atoms with Gasteiger partial charge in [-0.05, 0) is 65.7 Å². The summed E-state index contributed by atoms with van der Waals surface area (Å²) in [4.78, 5) is 33.5. The fourth-order valence-corrected chi connectivity index (χ4v) is 2.75. The number of nitro benzene ring substituents is 1. The van der Waals surface area contributed by atoms with Crippen LogP contribution in [-0.2, 0) is 11.4 Å². The number of amides is 1. The molecule has 0 radical (unpaired) electrons. The van der Waals surface area contributed by atoms with E-state index >= 15 is 0 Å². The average molecular weight is 443 g/mol. The number of nitro groups is 1. The molecule has 1 amide bonds. The SMILES string of the molecule is N#C/C(=C\c1ccc(OCc2ccc([N+](=O)[O-])cc2)cc1)C(=O)Nc1ccc(C(=O)O)cc1. The Morgan fingerprint density at radius 1 is 1.03 bits per heavy atom. The van der Waals surface area contributed by atoms with Crippen LogP contribution in [0.1, 0.15) is 21.5 Å². The van der Waals surface area contributed by atoms with Crippen molar-refractivity contribution >= 4 is 29.3 Å². The van der Waals surface area contributed by atoms with E-state index in [2.05, 4.69) is 5.32 Å². The van der Waals surface area contributed by atoms with E-state index in [0.29, 0.717) is 17.0 Å². The molecule has 3 aromatic carbocycles. The Bertz CT molecular complexity index is 1240. The molecule has 0 fully saturated rings. The molecule has 9 heteroatoms. The molecule has 0 aliphatic carbocycles. The Kier molecular flexibility index (Phi) is 7.13. The zero-order valence-electron chi connectivity index (χ0n) is 17.1. The lowest BCUT2D eigenvalue weighted by Gasteiger charge is -2.07. The summed E-state index contributed by atoms with van der Waals surface area (Å²) in [7, 11) is 0. The van der Waals surface area contributed by atoms with Crippen LogP contribution in [-0.4, -0.2) is 21.9 Å². The van der Waals surface area contributed by atoms with Gasteiger partial charge in [0, 0.05) is 17.8 Å². The van der Waals surface area contributed by atoms with E-state index in [1.807, 2.05) is 6.07 Å². The molecule has 2 N–H and O–H groups in total. The summed E-state index contributed by atoms with van der Waals surface area (Å²) >= 11 is 0. The summed E-state index contributed by atoms with van der Waals surface area (Å²) < 4.78 is 5.65. The second kappa shape index (κ2) is 10.4. The molecule has 33 heavy (non-hydrogen) atoms. The van der Waals surface area contributed by atoms with Crippen molar-refractivity contribution in [3.05, 3.63) is 105 Å². The standard InChI is InChI=1S/C24H17N3O6/c25-14-19(23(28)26-20-7-5-18(6-8-20)24(29)30)13-16-3-11-22(12-4-16)33-15-17-1-9-21(10-2-17)27(31)32/h1-13H,15H2,(H,26,28)(H,29,30)/b19-13+. The minimum atomic E-state index is -1.08. The number of nitrogens with zero attached hydrogens (tertiary/aromatic N) is 2. The third kappa shape index (κ3) is 6.26. The smallest absolute Gasteiger partial charge is 0.335 e. The lowest BCUT2D eigenvalue weighted by Crippen LogP contribution is -2.13. The van der Waals surface area contributed by atoms with Gasteiger partial charge in [0.05, 0.1) is 10.5 Å². The Balaban J connectivity index is 1.61. The molecule has 0 atom stereocenters. The molecule has 0 saturated carbocycles. The van der Waals surface area contributed by atoms with E-state index < -0.39 is 16.8 Å². The Morgan fingerprint density at radius 3 is 2.21 bits per heavy atom. The highest BCUT2D eigenvalue weighted by Gasteiger charge is 2.11. The number of ether oxygens (including phenoxy) is 1. The number of carboxylic acids is 1. The lowest BCUT2D eigenvalue weighted by atomic mass is 10.1. The number of carbonyl (C=O) groups is 2. The number of carbonyl (C=O) groups excluding carboxylic acids is 1. The maximum Gasteiger partial charge on any atom is 0.335 e. The number of anilines is 1. The molecule has 0 aliphatic heterocycles. The molecule has 0 aliphatic rings. The number of carboxylic acid groups (broad SMARTS) is 1. The van der Waals surface area contributed by atoms with E-state index in [0.717, 1.165) is 5.56 Å². The number of aromatic carboxylic acids is 1. The van der Waals surface area contributed by atoms with Crippen molar-refractivity contribution in [3.8, 4) is 11.8 Å². The van der Waals surface area contributed by atoms with Crippen LogP contribution < -0.4 is 10.1 Å². The molecule has 0 saturated heterocycles. The van der Waals surface area contributed by atoms with Crippen LogP contribution in [0.4, 0.5) is 11.4 Å². The largest absolute Gasteiger partial charge is 0.489 e. The summed E-state index contributed by atoms with van der Waals surface area (Å²) in [5.74, 6) is -1.16. The van der Waals surface area contributed by atoms with Crippen molar-refractivity contribution in [1.29, 1.82) is 5.26 Å². The lowest BCUT2D eigenvalue weighted by molar-refractivity contribution is -0.384. The first-order chi connectivity index (χ1) is 15.9. The van der Waals surface area contributed by atoms with E-state index in [9.17, 15) is 25.0 Å². The zero-order valence-corrected chi connectivity index (χ0v) is 17.1. The molecular weight excluding hydrogens is 426 g/mol. The second-order valence-electron chi connectivity index (χ2n) is 6.79. The van der Waals surface area contributed by atoms with E-state index in [-0.39, 0.29) is 23.4 Å². The van der Waals surface area contributed by atoms with Gasteiger partial charge in [-0.3, -0.25) is 14.9 Å². The van der Waals surface area contributed by atoms with E-state index in [1.54, 1.807) is 36.4 Å². The molecule has 0 bridgehead atoms. The molecule has 0 heterocycles. The fraction of sp³-hybridized carbons (Fsp3) is 0.0417. The maximum atomic E-state index is 12.4. The quantitative estimate of drug-likeness (QED) is 0.227. The van der Waals surface area contributed by atoms with Crippen LogP contribution in [0, 0.1) is 21.4 Å². The number of non-ortho nitro benzene ring substituents is 1. The predicted octanol–water partition coefficient (Wildman–Crippen LogP) is 4.42. The highest BCUT2D eigenvalue weighted by molar-refractivity contribution is 6.09. The summed E-state index contributed by atoms with van der Waals surface area (Å²) in [6.45, 7) is 0.222. The Hall–Kier alpha value is -4.97. The van der Waals surface area contributed by atoms with Crippen molar-refractivity contribution < 1.29 is 24.4 Å². The van der Waals surface area contributed by atoms with E-state index in [1.165, 1.54) is 42.5 Å². The fourth-order valence-electron chi connectivity index (χ4n) is 2.75. The van der Waals surface area contributed by atoms with Crippen LogP contribution >= 0.6 is 0 Å². The van der Waals surface area contributed by atoms with Gasteiger partial charge in [-0.25, -0.2) is 4.79 Å². The number of benzene rings is 3. The first-order valence-electron chi connectivity index (χ1n) is 9.58. The molecule has 9 nitrogen and oxygen atoms in total. The highest BCUT2D eigenvalue weighted by atomic mass is 16.6. The zero-order chi connectivity index (χ0) is 23.8. The van der Waals surface area contributed by atoms with Gasteiger partial charge in [-0.2, -0.15) is 5.26 Å². The van der Waals surface area contributed by atoms with E-state index in [4.69, 9.17) is 9.84 Å². The molecule has 3 rings (SSSR count). The summed E-state index contributed by atoms with van der Waals surface area (Å²) in [5, 5.41) is 31.5. The summed E-state index contributed by atoms with van der Waals surface area (Å²) in [5.41, 5.74) is 1.69. The van der Waals surface area contributed by atoms with Crippen molar-refractivity contribution in [2.45, 2.75) is 6.61 Å². The first-order valence-corrected chi connectivity index (χ1v) is 9.58. The van der Waals surface area contributed by atoms with Gasteiger partial charge < -0.3 is 15.2 Å². The number of rotatable bonds is 8. The average Bonchev–Trinajstić information content (AvgIpc) is 2.82. The Labute approximate surface area is 188 Å². The van der Waals surface area contributed by atoms with Crippen molar-refractivity contribution in [3.63, 3.8) is 0 Å². The normalized spacial score (nSPS) is 10.7. The molecule has 0 aromatic heterocycles. The highest BCUT2D eigenvalue weighted by Crippen LogP contribution is 2.18. The van der Waals surface area contributed by atoms with Crippen molar-refractivity contribution in [1.82, 2.24) is 0 Å². The van der Waals surface area contributed by atoms with Crippen LogP contribution in [0.15, 0.2) is 78.4 Å². The third-order valence-electron chi connectivity index (χ3n) is 4.50. The van der Waals surface area contributed by atoms with Crippen LogP contribution in [0.5, 0.6) is 5.75 Å². The second-order valence-corrected chi connectivity index (χ2v) is 6.79. The molecule has 164 valence electrons. The van der Waals surface area contributed by atoms with Crippen LogP contribution in [0.2, 0.25) is 0 Å². The molecule has 0 spiro atoms. The van der Waals surface area contributed by atoms with Crippen molar-refractivity contribution in [2.24, 2.45) is 0 Å². The van der Waals surface area contributed by atoms with Crippen LogP contribution in [0.3, 0.4) is 0 Å². The van der Waals surface area contributed by atoms with Gasteiger partial charge in [0.2, 0.25) is 0 Å². The minimum Gasteiger partial charge on any atom is -0.489 e. The maximum absolute atomic E-state index is 12.4. The molecule has 3 aromatic rings. The van der Waals surface area contributed by atoms with Crippen LogP contribution in [0.25, 0.3) is 6.08 Å². The number of hydrogen-bond acceptors (Lipinski definition) is 6. The monoisotopic (exact) mass is 443 g/mol. The van der Waals surface area contributed by atoms with Gasteiger partial charge in [-0.1, -0.05) is 12.1 Å². The van der Waals surface area contributed by atoms with Crippen molar-refractivity contribution in [2.75, 3.05) is 5.32 Å². The van der Waals surface area contributed by atoms with Gasteiger partial charge in [-0.15, -0.1) is 0 Å². The third-order valence-corrected chi connectivity index (χ3v) is 4.50. The predicted molar refractivity (Wildman–Crippen MR) is 119 cm³/mol. The summed E-state index contributed by atoms with van der Waals surface area (Å²) in [6.07, 6.45) is 1.42. The molecular formula is C24H17N3O6. The minimum absolute atomic E-state index is 0.00417. The summed E-state index contributed by atoms with van der Waals surface area (Å²) in [6, 6.07) is 20.2. The van der Waals surface area contributed by atoms with Gasteiger partial charge >= 0.3 is 5.97 Å². The first kappa shape index (κ1) is 22.7. The molecule has 0 unspecified atom stereocenters.